The fraction of sp³-hybridized carbons (Fsp3) is 0.250. The minimum Gasteiger partial charge on any atom is -0.399 e. The van der Waals surface area contributed by atoms with E-state index in [9.17, 15) is 14.4 Å². The molecule has 1 aromatic heterocycles. The molecule has 0 saturated carbocycles. The molecule has 0 unspecified atom stereocenters. The molecule has 0 aliphatic carbocycles. The van der Waals surface area contributed by atoms with Crippen molar-refractivity contribution < 1.29 is 14.4 Å². The summed E-state index contributed by atoms with van der Waals surface area (Å²) in [4.78, 5) is 35.6. The summed E-state index contributed by atoms with van der Waals surface area (Å²) >= 11 is 0. The van der Waals surface area contributed by atoms with Crippen molar-refractivity contribution in [3.63, 3.8) is 0 Å². The molecule has 8 nitrogen and oxygen atoms in total. The summed E-state index contributed by atoms with van der Waals surface area (Å²) in [5, 5.41) is 9.13. The number of amides is 2. The highest BCUT2D eigenvalue weighted by Gasteiger charge is 2.15. The second kappa shape index (κ2) is 7.40. The van der Waals surface area contributed by atoms with Gasteiger partial charge < -0.3 is 16.4 Å². The van der Waals surface area contributed by atoms with Gasteiger partial charge in [0.25, 0.3) is 5.91 Å². The number of rotatable bonds is 6. The highest BCUT2D eigenvalue weighted by molar-refractivity contribution is 6.06. The van der Waals surface area contributed by atoms with E-state index in [-0.39, 0.29) is 13.0 Å². The number of aryl methyl sites for hydroxylation is 2. The molecule has 0 saturated heterocycles. The second-order valence-corrected chi connectivity index (χ2v) is 5.36. The number of hydrogen-bond donors (Lipinski definition) is 3. The fourth-order valence-corrected chi connectivity index (χ4v) is 2.11. The molecule has 0 aliphatic rings. The Bertz CT molecular complexity index is 765. The van der Waals surface area contributed by atoms with E-state index in [2.05, 4.69) is 15.7 Å². The zero-order chi connectivity index (χ0) is 17.7. The van der Waals surface area contributed by atoms with Crippen LogP contribution in [0.1, 0.15) is 22.6 Å². The van der Waals surface area contributed by atoms with Gasteiger partial charge in [0.05, 0.1) is 18.7 Å². The minimum atomic E-state index is -0.449. The van der Waals surface area contributed by atoms with Gasteiger partial charge in [0.1, 0.15) is 5.69 Å². The molecule has 8 heteroatoms. The van der Waals surface area contributed by atoms with Crippen LogP contribution < -0.4 is 16.4 Å². The van der Waals surface area contributed by atoms with Crippen molar-refractivity contribution in [1.82, 2.24) is 15.1 Å². The van der Waals surface area contributed by atoms with Crippen LogP contribution >= 0.6 is 0 Å². The lowest BCUT2D eigenvalue weighted by Gasteiger charge is -2.06. The Morgan fingerprint density at radius 2 is 1.88 bits per heavy atom. The van der Waals surface area contributed by atoms with Crippen LogP contribution in [0.2, 0.25) is 0 Å². The maximum absolute atomic E-state index is 12.0. The van der Waals surface area contributed by atoms with Gasteiger partial charge in [0.2, 0.25) is 5.91 Å². The van der Waals surface area contributed by atoms with Crippen molar-refractivity contribution in [2.24, 2.45) is 7.05 Å². The molecular formula is C16H19N5O3. The standard InChI is InChI=1S/C16H19N5O3/c1-10-7-14(21(2)20-10)16(24)18-9-13(22)8-15(23)19-12-5-3-11(17)4-6-12/h3-7H,8-9,17H2,1-2H3,(H,18,24)(H,19,23). The van der Waals surface area contributed by atoms with E-state index in [1.165, 1.54) is 4.68 Å². The summed E-state index contributed by atoms with van der Waals surface area (Å²) in [6.45, 7) is 1.54. The topological polar surface area (TPSA) is 119 Å². The van der Waals surface area contributed by atoms with Gasteiger partial charge in [-0.2, -0.15) is 5.10 Å². The van der Waals surface area contributed by atoms with E-state index >= 15 is 0 Å². The number of hydrogen-bond acceptors (Lipinski definition) is 5. The predicted molar refractivity (Wildman–Crippen MR) is 89.4 cm³/mol. The van der Waals surface area contributed by atoms with Gasteiger partial charge in [-0.1, -0.05) is 0 Å². The number of carbonyl (C=O) groups excluding carboxylic acids is 3. The first kappa shape index (κ1) is 17.2. The van der Waals surface area contributed by atoms with Crippen molar-refractivity contribution in [1.29, 1.82) is 0 Å². The maximum atomic E-state index is 12.0. The van der Waals surface area contributed by atoms with Gasteiger partial charge in [-0.25, -0.2) is 0 Å². The highest BCUT2D eigenvalue weighted by atomic mass is 16.2. The molecule has 0 spiro atoms. The van der Waals surface area contributed by atoms with Gasteiger partial charge in [-0.15, -0.1) is 0 Å². The fourth-order valence-electron chi connectivity index (χ4n) is 2.11. The number of nitrogen functional groups attached to an aromatic ring is 1. The number of nitrogens with two attached hydrogens (primary N) is 1. The van der Waals surface area contributed by atoms with Crippen LogP contribution in [0.25, 0.3) is 0 Å². The Morgan fingerprint density at radius 3 is 2.46 bits per heavy atom. The lowest BCUT2D eigenvalue weighted by atomic mass is 10.2. The number of anilines is 2. The molecule has 4 N–H and O–H groups in total. The third kappa shape index (κ3) is 4.67. The normalized spacial score (nSPS) is 10.2. The number of ketones is 1. The van der Waals surface area contributed by atoms with Gasteiger partial charge in [0, 0.05) is 18.4 Å². The molecule has 2 amide bonds. The molecule has 24 heavy (non-hydrogen) atoms. The van der Waals surface area contributed by atoms with Crippen LogP contribution in [0.5, 0.6) is 0 Å². The molecule has 0 radical (unpaired) electrons. The molecule has 2 rings (SSSR count). The third-order valence-electron chi connectivity index (χ3n) is 3.23. The number of nitrogens with one attached hydrogen (secondary N) is 2. The zero-order valence-electron chi connectivity index (χ0n) is 13.5. The number of benzene rings is 1. The second-order valence-electron chi connectivity index (χ2n) is 5.36. The summed E-state index contributed by atoms with van der Waals surface area (Å²) in [6.07, 6.45) is -0.324. The van der Waals surface area contributed by atoms with Crippen LogP contribution in [0.15, 0.2) is 30.3 Å². The first-order chi connectivity index (χ1) is 11.3. The number of carbonyl (C=O) groups is 3. The lowest BCUT2D eigenvalue weighted by molar-refractivity contribution is -0.124. The quantitative estimate of drug-likeness (QED) is 0.531. The average Bonchev–Trinajstić information content (AvgIpc) is 2.86. The van der Waals surface area contributed by atoms with Crippen molar-refractivity contribution >= 4 is 29.0 Å². The van der Waals surface area contributed by atoms with E-state index in [1.54, 1.807) is 44.3 Å². The lowest BCUT2D eigenvalue weighted by Crippen LogP contribution is -2.32. The molecule has 0 fully saturated rings. The van der Waals surface area contributed by atoms with Gasteiger partial charge in [-0.3, -0.25) is 19.1 Å². The maximum Gasteiger partial charge on any atom is 0.269 e. The van der Waals surface area contributed by atoms with Gasteiger partial charge in [-0.05, 0) is 37.3 Å². The molecule has 0 bridgehead atoms. The SMILES string of the molecule is Cc1cc(C(=O)NCC(=O)CC(=O)Nc2ccc(N)cc2)n(C)n1. The highest BCUT2D eigenvalue weighted by Crippen LogP contribution is 2.10. The summed E-state index contributed by atoms with van der Waals surface area (Å²) in [5.41, 5.74) is 7.74. The Morgan fingerprint density at radius 1 is 1.21 bits per heavy atom. The number of nitrogens with zero attached hydrogens (tertiary/aromatic N) is 2. The van der Waals surface area contributed by atoms with E-state index < -0.39 is 17.6 Å². The van der Waals surface area contributed by atoms with Crippen molar-refractivity contribution in [3.8, 4) is 0 Å². The van der Waals surface area contributed by atoms with Crippen LogP contribution in [-0.4, -0.2) is 33.9 Å². The van der Waals surface area contributed by atoms with Crippen LogP contribution in [0.4, 0.5) is 11.4 Å². The summed E-state index contributed by atoms with van der Waals surface area (Å²) in [5.74, 6) is -1.25. The van der Waals surface area contributed by atoms with Crippen LogP contribution in [-0.2, 0) is 16.6 Å². The Balaban J connectivity index is 1.80. The molecular weight excluding hydrogens is 310 g/mol. The predicted octanol–water partition coefficient (Wildman–Crippen LogP) is 0.638. The van der Waals surface area contributed by atoms with Crippen molar-refractivity contribution in [2.45, 2.75) is 13.3 Å². The minimum absolute atomic E-state index is 0.224. The molecule has 1 heterocycles. The van der Waals surface area contributed by atoms with Gasteiger partial charge in [0.15, 0.2) is 5.78 Å². The average molecular weight is 329 g/mol. The first-order valence-corrected chi connectivity index (χ1v) is 7.31. The number of Topliss-reactive ketones (excluding diaryl/α,β-unsaturated/α-hetero) is 1. The smallest absolute Gasteiger partial charge is 0.269 e. The Hall–Kier alpha value is -3.16. The van der Waals surface area contributed by atoms with Gasteiger partial charge >= 0.3 is 0 Å². The number of aromatic nitrogens is 2. The molecule has 1 aromatic carbocycles. The van der Waals surface area contributed by atoms with E-state index in [0.717, 1.165) is 0 Å². The summed E-state index contributed by atoms with van der Waals surface area (Å²) < 4.78 is 1.43. The van der Waals surface area contributed by atoms with Crippen molar-refractivity contribution in [3.05, 3.63) is 41.7 Å². The Labute approximate surface area is 139 Å². The first-order valence-electron chi connectivity index (χ1n) is 7.31. The Kier molecular flexibility index (Phi) is 5.31. The zero-order valence-corrected chi connectivity index (χ0v) is 13.5. The molecule has 0 aliphatic heterocycles. The van der Waals surface area contributed by atoms with E-state index in [4.69, 9.17) is 5.73 Å². The van der Waals surface area contributed by atoms with E-state index in [0.29, 0.717) is 22.8 Å². The summed E-state index contributed by atoms with van der Waals surface area (Å²) in [7, 11) is 1.64. The monoisotopic (exact) mass is 329 g/mol. The largest absolute Gasteiger partial charge is 0.399 e. The summed E-state index contributed by atoms with van der Waals surface area (Å²) in [6, 6.07) is 8.20. The third-order valence-corrected chi connectivity index (χ3v) is 3.23. The van der Waals surface area contributed by atoms with Crippen molar-refractivity contribution in [2.75, 3.05) is 17.6 Å². The molecule has 126 valence electrons. The van der Waals surface area contributed by atoms with Crippen LogP contribution in [0, 0.1) is 6.92 Å². The van der Waals surface area contributed by atoms with E-state index in [1.807, 2.05) is 0 Å². The van der Waals surface area contributed by atoms with Crippen LogP contribution in [0.3, 0.4) is 0 Å². The molecule has 0 atom stereocenters. The molecule has 2 aromatic rings.